The number of halogens is 1. The van der Waals surface area contributed by atoms with E-state index in [0.29, 0.717) is 53.7 Å². The Hall–Kier alpha value is -4.07. The molecule has 0 saturated carbocycles. The summed E-state index contributed by atoms with van der Waals surface area (Å²) in [5.74, 6) is 0.715. The molecule has 180 valence electrons. The number of hydrogen-bond acceptors (Lipinski definition) is 5. The summed E-state index contributed by atoms with van der Waals surface area (Å²) < 4.78 is 32.7. The number of carboxylic acids is 1. The topological polar surface area (TPSA) is 94.1 Å². The number of hydrogen-bond donors (Lipinski definition) is 2. The molecule has 35 heavy (non-hydrogen) atoms. The van der Waals surface area contributed by atoms with Crippen LogP contribution in [-0.4, -0.2) is 23.6 Å². The molecule has 1 aliphatic carbocycles. The van der Waals surface area contributed by atoms with E-state index in [9.17, 15) is 14.0 Å². The van der Waals surface area contributed by atoms with Crippen LogP contribution in [0.3, 0.4) is 0 Å². The van der Waals surface area contributed by atoms with Crippen LogP contribution in [0.5, 0.6) is 23.0 Å². The highest BCUT2D eigenvalue weighted by Gasteiger charge is 2.32. The summed E-state index contributed by atoms with van der Waals surface area (Å²) in [7, 11) is 0. The Morgan fingerprint density at radius 3 is 2.63 bits per heavy atom. The lowest BCUT2D eigenvalue weighted by Gasteiger charge is -2.17. The molecule has 0 bridgehead atoms. The SMILES string of the molecule is CC(=O)Nc1ccc(Oc2ccc(F)c3c2CC[C@H]3Oc2ccc3c(c2)OCC3CC(=O)O)cc1. The number of ether oxygens (including phenoxy) is 3. The first-order valence-electron chi connectivity index (χ1n) is 11.4. The standard InChI is InChI=1S/C27H24FNO6/c1-15(30)29-17-2-4-18(5-3-17)34-23-11-9-22(28)27-21(23)8-10-24(27)35-19-6-7-20-16(12-26(31)32)14-33-25(20)13-19/h2-7,9,11,13,16,24H,8,10,12,14H2,1H3,(H,29,30)(H,31,32)/t16?,24-/m1/s1. The highest BCUT2D eigenvalue weighted by atomic mass is 19.1. The number of nitrogens with one attached hydrogen (secondary N) is 1. The predicted molar refractivity (Wildman–Crippen MR) is 126 cm³/mol. The molecule has 0 spiro atoms. The summed E-state index contributed by atoms with van der Waals surface area (Å²) in [4.78, 5) is 22.3. The van der Waals surface area contributed by atoms with Crippen LogP contribution in [0.1, 0.15) is 48.5 Å². The number of anilines is 1. The van der Waals surface area contributed by atoms with E-state index < -0.39 is 12.1 Å². The number of carboxylic acid groups (broad SMARTS) is 1. The summed E-state index contributed by atoms with van der Waals surface area (Å²) in [5.41, 5.74) is 2.75. The first-order chi connectivity index (χ1) is 16.9. The smallest absolute Gasteiger partial charge is 0.304 e. The van der Waals surface area contributed by atoms with E-state index in [1.54, 1.807) is 42.5 Å². The molecule has 5 rings (SSSR count). The third kappa shape index (κ3) is 4.77. The third-order valence-electron chi connectivity index (χ3n) is 6.21. The van der Waals surface area contributed by atoms with Gasteiger partial charge in [-0.25, -0.2) is 4.39 Å². The summed E-state index contributed by atoms with van der Waals surface area (Å²) in [6.45, 7) is 1.76. The van der Waals surface area contributed by atoms with Crippen molar-refractivity contribution in [3.8, 4) is 23.0 Å². The summed E-state index contributed by atoms with van der Waals surface area (Å²) in [5, 5.41) is 11.8. The quantitative estimate of drug-likeness (QED) is 0.461. The van der Waals surface area contributed by atoms with Crippen molar-refractivity contribution in [2.24, 2.45) is 0 Å². The van der Waals surface area contributed by atoms with Crippen molar-refractivity contribution < 1.29 is 33.3 Å². The molecule has 0 radical (unpaired) electrons. The maximum Gasteiger partial charge on any atom is 0.304 e. The number of aliphatic carboxylic acids is 1. The van der Waals surface area contributed by atoms with Crippen molar-refractivity contribution in [1.29, 1.82) is 0 Å². The normalized spacial score (nSPS) is 17.8. The minimum atomic E-state index is -0.869. The van der Waals surface area contributed by atoms with E-state index in [-0.39, 0.29) is 24.1 Å². The monoisotopic (exact) mass is 477 g/mol. The summed E-state index contributed by atoms with van der Waals surface area (Å²) in [6.07, 6.45) is 0.713. The lowest BCUT2D eigenvalue weighted by molar-refractivity contribution is -0.137. The second-order valence-electron chi connectivity index (χ2n) is 8.70. The number of rotatable bonds is 7. The zero-order valence-corrected chi connectivity index (χ0v) is 19.0. The van der Waals surface area contributed by atoms with Crippen LogP contribution < -0.4 is 19.5 Å². The molecule has 0 fully saturated rings. The number of carbonyl (C=O) groups is 2. The van der Waals surface area contributed by atoms with Gasteiger partial charge in [-0.2, -0.15) is 0 Å². The van der Waals surface area contributed by atoms with Crippen molar-refractivity contribution in [2.75, 3.05) is 11.9 Å². The first kappa shape index (κ1) is 22.7. The van der Waals surface area contributed by atoms with Crippen LogP contribution in [0.15, 0.2) is 54.6 Å². The van der Waals surface area contributed by atoms with Gasteiger partial charge in [0.2, 0.25) is 5.91 Å². The lowest BCUT2D eigenvalue weighted by Crippen LogP contribution is -2.07. The molecule has 0 aromatic heterocycles. The number of amides is 1. The van der Waals surface area contributed by atoms with Gasteiger partial charge in [0.25, 0.3) is 0 Å². The average molecular weight is 477 g/mol. The van der Waals surface area contributed by atoms with Gasteiger partial charge in [-0.05, 0) is 55.3 Å². The van der Waals surface area contributed by atoms with Gasteiger partial charge in [-0.15, -0.1) is 0 Å². The van der Waals surface area contributed by atoms with Crippen LogP contribution in [0.25, 0.3) is 0 Å². The van der Waals surface area contributed by atoms with Gasteiger partial charge >= 0.3 is 5.97 Å². The van der Waals surface area contributed by atoms with Crippen LogP contribution in [0.2, 0.25) is 0 Å². The molecule has 3 aromatic rings. The van der Waals surface area contributed by atoms with E-state index in [2.05, 4.69) is 5.32 Å². The Kier molecular flexibility index (Phi) is 6.03. The van der Waals surface area contributed by atoms with Gasteiger partial charge in [0, 0.05) is 41.3 Å². The Morgan fingerprint density at radius 1 is 1.11 bits per heavy atom. The molecule has 3 aromatic carbocycles. The molecule has 1 amide bonds. The largest absolute Gasteiger partial charge is 0.492 e. The van der Waals surface area contributed by atoms with Crippen molar-refractivity contribution >= 4 is 17.6 Å². The predicted octanol–water partition coefficient (Wildman–Crippen LogP) is 5.59. The molecule has 2 N–H and O–H groups in total. The van der Waals surface area contributed by atoms with E-state index in [0.717, 1.165) is 11.1 Å². The fraction of sp³-hybridized carbons (Fsp3) is 0.259. The molecule has 1 unspecified atom stereocenters. The fourth-order valence-electron chi connectivity index (χ4n) is 4.67. The minimum Gasteiger partial charge on any atom is -0.492 e. The van der Waals surface area contributed by atoms with E-state index in [4.69, 9.17) is 19.3 Å². The Morgan fingerprint density at radius 2 is 1.89 bits per heavy atom. The molecule has 1 aliphatic heterocycles. The van der Waals surface area contributed by atoms with Gasteiger partial charge in [-0.1, -0.05) is 6.07 Å². The Balaban J connectivity index is 1.33. The summed E-state index contributed by atoms with van der Waals surface area (Å²) >= 11 is 0. The van der Waals surface area contributed by atoms with Gasteiger partial charge in [0.05, 0.1) is 13.0 Å². The fourth-order valence-corrected chi connectivity index (χ4v) is 4.67. The van der Waals surface area contributed by atoms with Gasteiger partial charge in [0.1, 0.15) is 34.9 Å². The second kappa shape index (κ2) is 9.29. The summed E-state index contributed by atoms with van der Waals surface area (Å²) in [6, 6.07) is 15.3. The lowest BCUT2D eigenvalue weighted by atomic mass is 9.98. The average Bonchev–Trinajstić information content (AvgIpc) is 3.41. The van der Waals surface area contributed by atoms with Gasteiger partial charge in [0.15, 0.2) is 0 Å². The van der Waals surface area contributed by atoms with Gasteiger partial charge in [-0.3, -0.25) is 9.59 Å². The van der Waals surface area contributed by atoms with Gasteiger partial charge < -0.3 is 24.6 Å². The van der Waals surface area contributed by atoms with Crippen molar-refractivity contribution in [2.45, 2.75) is 38.2 Å². The molecule has 1 heterocycles. The second-order valence-corrected chi connectivity index (χ2v) is 8.70. The van der Waals surface area contributed by atoms with Crippen molar-refractivity contribution in [3.05, 3.63) is 77.1 Å². The molecule has 2 atom stereocenters. The van der Waals surface area contributed by atoms with Crippen LogP contribution in [0, 0.1) is 5.82 Å². The maximum atomic E-state index is 14.9. The molecular weight excluding hydrogens is 453 g/mol. The highest BCUT2D eigenvalue weighted by Crippen LogP contribution is 2.44. The van der Waals surface area contributed by atoms with E-state index in [1.807, 2.05) is 6.07 Å². The van der Waals surface area contributed by atoms with Crippen LogP contribution in [-0.2, 0) is 16.0 Å². The van der Waals surface area contributed by atoms with E-state index in [1.165, 1.54) is 13.0 Å². The third-order valence-corrected chi connectivity index (χ3v) is 6.21. The van der Waals surface area contributed by atoms with Crippen LogP contribution in [0.4, 0.5) is 10.1 Å². The minimum absolute atomic E-state index is 0.00710. The van der Waals surface area contributed by atoms with E-state index >= 15 is 0 Å². The Labute approximate surface area is 201 Å². The molecular formula is C27H24FNO6. The van der Waals surface area contributed by atoms with Crippen LogP contribution >= 0.6 is 0 Å². The zero-order chi connectivity index (χ0) is 24.5. The number of carbonyl (C=O) groups excluding carboxylic acids is 1. The zero-order valence-electron chi connectivity index (χ0n) is 19.0. The van der Waals surface area contributed by atoms with Crippen molar-refractivity contribution in [1.82, 2.24) is 0 Å². The Bertz CT molecular complexity index is 1290. The molecule has 7 nitrogen and oxygen atoms in total. The maximum absolute atomic E-state index is 14.9. The van der Waals surface area contributed by atoms with Crippen molar-refractivity contribution in [3.63, 3.8) is 0 Å². The molecule has 8 heteroatoms. The molecule has 2 aliphatic rings. The highest BCUT2D eigenvalue weighted by molar-refractivity contribution is 5.88. The molecule has 0 saturated heterocycles. The number of benzene rings is 3. The first-order valence-corrected chi connectivity index (χ1v) is 11.4. The number of fused-ring (bicyclic) bond motifs is 2.